The molecule has 4 rings (SSSR count). The number of carbonyl (C=O) groups is 1. The van der Waals surface area contributed by atoms with E-state index in [0.717, 1.165) is 22.0 Å². The molecule has 4 heteroatoms. The van der Waals surface area contributed by atoms with Crippen LogP contribution in [0.5, 0.6) is 5.75 Å². The first-order valence-electron chi connectivity index (χ1n) is 7.15. The van der Waals surface area contributed by atoms with E-state index in [4.69, 9.17) is 4.74 Å². The van der Waals surface area contributed by atoms with Crippen molar-refractivity contribution in [3.63, 3.8) is 0 Å². The highest BCUT2D eigenvalue weighted by Gasteiger charge is 2.29. The van der Waals surface area contributed by atoms with Gasteiger partial charge in [-0.05, 0) is 30.7 Å². The number of carbonyl (C=O) groups excluding carboxylic acids is 1. The molecule has 0 spiro atoms. The van der Waals surface area contributed by atoms with Gasteiger partial charge in [0.2, 0.25) is 0 Å². The summed E-state index contributed by atoms with van der Waals surface area (Å²) in [5.74, 6) is 0.592. The fourth-order valence-corrected chi connectivity index (χ4v) is 2.87. The maximum atomic E-state index is 11.9. The molecule has 4 nitrogen and oxygen atoms in total. The highest BCUT2D eigenvalue weighted by Crippen LogP contribution is 2.38. The fraction of sp³-hybridized carbons (Fsp3) is 0.111. The first-order valence-corrected chi connectivity index (χ1v) is 7.15. The second kappa shape index (κ2) is 4.84. The number of benzene rings is 2. The van der Waals surface area contributed by atoms with E-state index < -0.39 is 6.09 Å². The molecule has 0 bridgehead atoms. The number of hydrogen-bond acceptors (Lipinski definition) is 3. The zero-order chi connectivity index (χ0) is 15.1. The molecule has 1 aromatic heterocycles. The molecule has 1 N–H and O–H groups in total. The number of ether oxygens (including phenoxy) is 1. The Hall–Kier alpha value is -2.88. The molecule has 0 radical (unpaired) electrons. The van der Waals surface area contributed by atoms with E-state index in [-0.39, 0.29) is 6.04 Å². The zero-order valence-electron chi connectivity index (χ0n) is 12.0. The van der Waals surface area contributed by atoms with Gasteiger partial charge in [0.25, 0.3) is 0 Å². The number of amides is 1. The highest BCUT2D eigenvalue weighted by atomic mass is 16.6. The molecule has 0 aliphatic carbocycles. The summed E-state index contributed by atoms with van der Waals surface area (Å²) >= 11 is 0. The van der Waals surface area contributed by atoms with E-state index in [9.17, 15) is 4.79 Å². The predicted octanol–water partition coefficient (Wildman–Crippen LogP) is 3.73. The number of pyridine rings is 1. The number of hydrogen-bond donors (Lipinski definition) is 1. The van der Waals surface area contributed by atoms with Crippen LogP contribution in [0.15, 0.2) is 54.7 Å². The van der Waals surface area contributed by atoms with Crippen molar-refractivity contribution in [2.45, 2.75) is 13.0 Å². The molecule has 0 saturated carbocycles. The Balaban J connectivity index is 1.97. The van der Waals surface area contributed by atoms with E-state index in [2.05, 4.69) is 10.3 Å². The molecule has 1 atom stereocenters. The lowest BCUT2D eigenvalue weighted by Crippen LogP contribution is -2.36. The van der Waals surface area contributed by atoms with Crippen LogP contribution in [0.4, 0.5) is 4.79 Å². The van der Waals surface area contributed by atoms with E-state index in [1.165, 1.54) is 5.56 Å². The summed E-state index contributed by atoms with van der Waals surface area (Å²) in [6.07, 6.45) is 1.33. The minimum Gasteiger partial charge on any atom is -0.410 e. The van der Waals surface area contributed by atoms with Crippen LogP contribution in [-0.2, 0) is 0 Å². The van der Waals surface area contributed by atoms with Crippen molar-refractivity contribution in [1.29, 1.82) is 0 Å². The van der Waals surface area contributed by atoms with Gasteiger partial charge in [0.05, 0.1) is 11.6 Å². The molecule has 108 valence electrons. The number of fused-ring (bicyclic) bond motifs is 3. The van der Waals surface area contributed by atoms with Crippen LogP contribution >= 0.6 is 0 Å². The topological polar surface area (TPSA) is 51.2 Å². The summed E-state index contributed by atoms with van der Waals surface area (Å²) in [5, 5.41) is 3.90. The van der Waals surface area contributed by atoms with Crippen LogP contribution in [-0.4, -0.2) is 11.1 Å². The Kier molecular flexibility index (Phi) is 2.82. The van der Waals surface area contributed by atoms with Crippen LogP contribution in [0.3, 0.4) is 0 Å². The Morgan fingerprint density at radius 2 is 1.91 bits per heavy atom. The summed E-state index contributed by atoms with van der Waals surface area (Å²) < 4.78 is 5.34. The van der Waals surface area contributed by atoms with Gasteiger partial charge in [-0.2, -0.15) is 0 Å². The van der Waals surface area contributed by atoms with Crippen molar-refractivity contribution in [3.8, 4) is 5.75 Å². The van der Waals surface area contributed by atoms with Gasteiger partial charge in [-0.15, -0.1) is 0 Å². The summed E-state index contributed by atoms with van der Waals surface area (Å²) in [6.45, 7) is 2.04. The molecule has 0 saturated heterocycles. The van der Waals surface area contributed by atoms with E-state index >= 15 is 0 Å². The second-order valence-corrected chi connectivity index (χ2v) is 5.43. The maximum Gasteiger partial charge on any atom is 0.413 e. The minimum atomic E-state index is -0.429. The van der Waals surface area contributed by atoms with Crippen LogP contribution in [0.1, 0.15) is 22.7 Å². The number of rotatable bonds is 1. The van der Waals surface area contributed by atoms with Gasteiger partial charge in [-0.25, -0.2) is 4.79 Å². The van der Waals surface area contributed by atoms with Crippen LogP contribution in [0.2, 0.25) is 0 Å². The van der Waals surface area contributed by atoms with Gasteiger partial charge >= 0.3 is 6.09 Å². The van der Waals surface area contributed by atoms with Crippen LogP contribution < -0.4 is 10.1 Å². The predicted molar refractivity (Wildman–Crippen MR) is 83.9 cm³/mol. The van der Waals surface area contributed by atoms with Gasteiger partial charge < -0.3 is 10.1 Å². The molecular formula is C18H14N2O2. The van der Waals surface area contributed by atoms with E-state index in [1.807, 2.05) is 55.5 Å². The molecule has 2 heterocycles. The molecule has 2 aromatic carbocycles. The van der Waals surface area contributed by atoms with Gasteiger partial charge in [0, 0.05) is 17.1 Å². The minimum absolute atomic E-state index is 0.232. The average molecular weight is 290 g/mol. The summed E-state index contributed by atoms with van der Waals surface area (Å²) in [4.78, 5) is 16.2. The molecule has 0 fully saturated rings. The number of aromatic nitrogens is 1. The van der Waals surface area contributed by atoms with Gasteiger partial charge in [-0.3, -0.25) is 4.98 Å². The van der Waals surface area contributed by atoms with Crippen LogP contribution in [0, 0.1) is 6.92 Å². The Labute approximate surface area is 127 Å². The Bertz CT molecular complexity index is 872. The molecule has 3 aromatic rings. The van der Waals surface area contributed by atoms with Crippen molar-refractivity contribution in [2.75, 3.05) is 0 Å². The van der Waals surface area contributed by atoms with Gasteiger partial charge in [0.15, 0.2) is 0 Å². The van der Waals surface area contributed by atoms with E-state index in [0.29, 0.717) is 5.75 Å². The first kappa shape index (κ1) is 12.8. The van der Waals surface area contributed by atoms with Gasteiger partial charge in [-0.1, -0.05) is 35.9 Å². The first-order chi connectivity index (χ1) is 10.7. The third-order valence-electron chi connectivity index (χ3n) is 3.95. The van der Waals surface area contributed by atoms with E-state index in [1.54, 1.807) is 6.20 Å². The smallest absolute Gasteiger partial charge is 0.410 e. The molecule has 1 amide bonds. The average Bonchev–Trinajstić information content (AvgIpc) is 2.54. The van der Waals surface area contributed by atoms with Crippen molar-refractivity contribution in [2.24, 2.45) is 0 Å². The number of nitrogens with one attached hydrogen (secondary N) is 1. The lowest BCUT2D eigenvalue weighted by atomic mass is 9.93. The molecule has 1 aliphatic heterocycles. The van der Waals surface area contributed by atoms with Crippen LogP contribution in [0.25, 0.3) is 10.9 Å². The van der Waals surface area contributed by atoms with Crippen molar-refractivity contribution >= 4 is 17.0 Å². The lowest BCUT2D eigenvalue weighted by molar-refractivity contribution is 0.191. The summed E-state index contributed by atoms with van der Waals surface area (Å²) in [6, 6.07) is 15.5. The SMILES string of the molecule is Cc1ccc(C2NC(=O)Oc3ccc4ncccc4c32)cc1. The fourth-order valence-electron chi connectivity index (χ4n) is 2.87. The van der Waals surface area contributed by atoms with Crippen molar-refractivity contribution < 1.29 is 9.53 Å². The summed E-state index contributed by atoms with van der Waals surface area (Å²) in [7, 11) is 0. The summed E-state index contributed by atoms with van der Waals surface area (Å²) in [5.41, 5.74) is 4.05. The Morgan fingerprint density at radius 3 is 2.73 bits per heavy atom. The number of nitrogens with zero attached hydrogens (tertiary/aromatic N) is 1. The molecule has 1 unspecified atom stereocenters. The number of aryl methyl sites for hydroxylation is 1. The molecule has 22 heavy (non-hydrogen) atoms. The van der Waals surface area contributed by atoms with Crippen molar-refractivity contribution in [3.05, 3.63) is 71.4 Å². The third kappa shape index (κ3) is 2.00. The highest BCUT2D eigenvalue weighted by molar-refractivity contribution is 5.89. The third-order valence-corrected chi connectivity index (χ3v) is 3.95. The second-order valence-electron chi connectivity index (χ2n) is 5.43. The monoisotopic (exact) mass is 290 g/mol. The molecular weight excluding hydrogens is 276 g/mol. The normalized spacial score (nSPS) is 16.8. The largest absolute Gasteiger partial charge is 0.413 e. The zero-order valence-corrected chi connectivity index (χ0v) is 12.0. The standard InChI is InChI=1S/C18H14N2O2/c1-11-4-6-12(7-5-11)17-16-13-3-2-10-19-14(13)8-9-15(16)22-18(21)20-17/h2-10,17H,1H3,(H,20,21). The maximum absolute atomic E-state index is 11.9. The van der Waals surface area contributed by atoms with Gasteiger partial charge in [0.1, 0.15) is 5.75 Å². The van der Waals surface area contributed by atoms with Crippen molar-refractivity contribution in [1.82, 2.24) is 10.3 Å². The Morgan fingerprint density at radius 1 is 1.09 bits per heavy atom. The molecule has 1 aliphatic rings. The quantitative estimate of drug-likeness (QED) is 0.743. The lowest BCUT2D eigenvalue weighted by Gasteiger charge is -2.27.